The first kappa shape index (κ1) is 111. The first-order valence-electron chi connectivity index (χ1n) is 31.8. The summed E-state index contributed by atoms with van der Waals surface area (Å²) in [5.41, 5.74) is 21.4. The van der Waals surface area contributed by atoms with Crippen LogP contribution < -0.4 is 78.0 Å². The number of esters is 4. The Hall–Kier alpha value is -7.65. The van der Waals surface area contributed by atoms with Crippen LogP contribution in [0, 0.1) is 7.43 Å². The summed E-state index contributed by atoms with van der Waals surface area (Å²) in [5, 5.41) is 25.6. The third-order valence-corrected chi connectivity index (χ3v) is 14.1. The molecule has 0 aliphatic carbocycles. The van der Waals surface area contributed by atoms with Gasteiger partial charge in [-0.05, 0) is 146 Å². The molecule has 1 aliphatic rings. The number of hydrogen-bond donors (Lipinski definition) is 6. The van der Waals surface area contributed by atoms with E-state index in [9.17, 15) is 38.7 Å². The molecule has 11 rings (SSSR count). The maximum Gasteiger partial charge on any atom is 2.00 e. The van der Waals surface area contributed by atoms with Crippen LogP contribution in [0.5, 0.6) is 0 Å². The van der Waals surface area contributed by atoms with Crippen LogP contribution in [0.25, 0.3) is 38.4 Å². The van der Waals surface area contributed by atoms with Crippen LogP contribution in [0.2, 0.25) is 20.1 Å². The van der Waals surface area contributed by atoms with Gasteiger partial charge in [-0.1, -0.05) is 95.4 Å². The smallest absolute Gasteiger partial charge is 1.00 e. The first-order chi connectivity index (χ1) is 49.3. The molecule has 33 heteroatoms. The predicted octanol–water partition coefficient (Wildman–Crippen LogP) is 4.08. The number of benzene rings is 4. The van der Waals surface area contributed by atoms with E-state index < -0.39 is 41.0 Å². The van der Waals surface area contributed by atoms with Gasteiger partial charge in [-0.25, -0.2) is 34.1 Å². The fraction of sp³-hybridized carbons (Fsp3) is 0.273. The van der Waals surface area contributed by atoms with Crippen LogP contribution >= 0.6 is 62.3 Å². The third kappa shape index (κ3) is 41.6. The number of nitrogens with two attached hydrogens (primary N) is 3. The number of carbonyl (C=O) groups is 7. The van der Waals surface area contributed by atoms with Gasteiger partial charge in [-0.15, -0.1) is 0 Å². The number of Topliss-reactive ketones (excluding diaryl/α,β-unsaturated/α-hetero) is 2. The minimum absolute atomic E-state index is 0. The molecule has 9 N–H and O–H groups in total. The zero-order chi connectivity index (χ0) is 76.3. The Balaban J connectivity index is -0.000000387. The minimum atomic E-state index is -1.04. The molecule has 0 amide bonds. The average molecular weight is 1820 g/mol. The van der Waals surface area contributed by atoms with Crippen molar-refractivity contribution in [1.82, 2.24) is 25.3 Å². The Morgan fingerprint density at radius 3 is 1.36 bits per heavy atom. The standard InChI is InChI=1S/C17H14ClN2O2.C12H11ClN2O2.C12H13ClN2O.C10H12NO3.C7H6ClNO.C5H7BrO3.C5H5N.C4H9NO.C2H6O.2CH4.CH3.2BrH.ClH.Mg/c1-2-22-17(21)16-15(20-8-4-3-5-9-20)11-12-10-13(18)6-7-14(12)19-16;1-2-17-12(16)11-9(14)6-7-5-8(13)3-4-10(7)15-11;1-12(2,16)11-9(14)6-7-5-8(13)3-4-10(7)15-11;1-2-14-10(13)9(12)8-11-6-4-3-5-7-11;8-6-1-2-7(9)5(3-6)4-10;1-2-9-5(8)4(7)3-6;1-2-4-6-5-3-1;1-3-6-4-2-5-1;1-2-3;;;;;;;/h3-11H,2H2,1H3;3-6H,2,14H2,1H3;3-6,16H,14H2,1-2H3;3-7H,2,8H2,1H3;1-4H,9H2;2-3H2,1H3;1-5H;5H,1-4H2;3H,2H2,1H3;2*1H4;1H3;3*1H;/q+1;;;+1;;;;;;;;-1;;;;+2/p-3. The number of morpholine rings is 1. The van der Waals surface area contributed by atoms with Gasteiger partial charge in [-0.3, -0.25) is 19.4 Å². The number of fused-ring (bicyclic) bond motifs is 3. The molecule has 7 heterocycles. The van der Waals surface area contributed by atoms with E-state index in [1.807, 2.05) is 77.6 Å². The fourth-order valence-corrected chi connectivity index (χ4v) is 9.10. The van der Waals surface area contributed by atoms with Gasteiger partial charge in [0.05, 0.1) is 78.6 Å². The SMILES string of the molecule is C.C.C1COCCN1.CC(C)(O)c1nc2ccc(Cl)cc2cc1N.CCO.CCOC(=O)C(=O)CBr.CCOC(=O)C(=O)C[n+]1ccccc1.CCOC(=O)c1nc2ccc(Cl)cc2cc1-[n+]1ccccc1.CCOC(=O)c1nc2ccc(Cl)cc2cc1N.Nc1ccc(Cl)cc1C=O.[Br-].[Br-].[CH3-].[Cl-].[Mg+2].c1ccncc1. The van der Waals surface area contributed by atoms with Gasteiger partial charge in [0.2, 0.25) is 23.7 Å². The molecule has 0 atom stereocenters. The first-order valence-corrected chi connectivity index (χ1v) is 34.4. The second kappa shape index (κ2) is 62.0. The van der Waals surface area contributed by atoms with Gasteiger partial charge < -0.3 is 110 Å². The Labute approximate surface area is 715 Å². The average Bonchev–Trinajstić information content (AvgIpc) is 0.816. The van der Waals surface area contributed by atoms with E-state index in [-0.39, 0.29) is 135 Å². The van der Waals surface area contributed by atoms with E-state index in [4.69, 9.17) is 82.9 Å². The zero-order valence-corrected chi connectivity index (χ0v) is 70.6. The molecule has 24 nitrogen and oxygen atoms in total. The number of ether oxygens (including phenoxy) is 5. The zero-order valence-electron chi connectivity index (χ0n) is 60.6. The maximum atomic E-state index is 12.2. The predicted molar refractivity (Wildman–Crippen MR) is 429 cm³/mol. The minimum Gasteiger partial charge on any atom is -1.00 e. The molecule has 1 fully saturated rings. The van der Waals surface area contributed by atoms with E-state index in [0.717, 1.165) is 48.0 Å². The molecule has 0 spiro atoms. The molecule has 0 saturated carbocycles. The number of aromatic nitrogens is 6. The molecule has 0 bridgehead atoms. The number of alkyl halides is 1. The number of nitrogens with one attached hydrogen (secondary N) is 1. The van der Waals surface area contributed by atoms with Crippen molar-refractivity contribution in [2.45, 2.75) is 75.5 Å². The summed E-state index contributed by atoms with van der Waals surface area (Å²) in [6.07, 6.45) is 11.3. The Kier molecular flexibility index (Phi) is 62.5. The van der Waals surface area contributed by atoms with Crippen molar-refractivity contribution < 1.29 is 123 Å². The number of aliphatic hydroxyl groups excluding tert-OH is 1. The molecule has 594 valence electrons. The summed E-state index contributed by atoms with van der Waals surface area (Å²) in [7, 11) is 0. The quantitative estimate of drug-likeness (QED) is 0.0103. The molecule has 1 saturated heterocycles. The van der Waals surface area contributed by atoms with Crippen LogP contribution in [0.1, 0.15) is 100 Å². The monoisotopic (exact) mass is 1820 g/mol. The molecular weight excluding hydrogens is 1730 g/mol. The van der Waals surface area contributed by atoms with Gasteiger partial charge in [0, 0.05) is 110 Å². The molecule has 110 heavy (non-hydrogen) atoms. The molecule has 4 aromatic carbocycles. The number of rotatable bonds is 14. The number of nitrogen functional groups attached to an aromatic ring is 3. The van der Waals surface area contributed by atoms with Crippen LogP contribution in [0.3, 0.4) is 0 Å². The molecule has 10 aromatic rings. The number of carbonyl (C=O) groups excluding carboxylic acids is 7. The van der Waals surface area contributed by atoms with E-state index in [1.165, 1.54) is 6.07 Å². The normalized spacial score (nSPS) is 10.2. The molecule has 6 aromatic heterocycles. The van der Waals surface area contributed by atoms with Crippen LogP contribution in [-0.4, -0.2) is 160 Å². The number of hydrogen-bond acceptors (Lipinski definition) is 22. The van der Waals surface area contributed by atoms with Crippen LogP contribution in [0.15, 0.2) is 183 Å². The molecular formula is C77H94Br3Cl5MgN10O14. The second-order valence-electron chi connectivity index (χ2n) is 21.1. The summed E-state index contributed by atoms with van der Waals surface area (Å²) in [5.74, 6) is -3.58. The van der Waals surface area contributed by atoms with Crippen molar-refractivity contribution in [3.8, 4) is 5.69 Å². The van der Waals surface area contributed by atoms with Crippen molar-refractivity contribution in [3.05, 3.63) is 233 Å². The van der Waals surface area contributed by atoms with Gasteiger partial charge in [0.15, 0.2) is 36.8 Å². The van der Waals surface area contributed by atoms with E-state index in [1.54, 1.807) is 157 Å². The van der Waals surface area contributed by atoms with Crippen molar-refractivity contribution in [2.24, 2.45) is 0 Å². The van der Waals surface area contributed by atoms with Crippen molar-refractivity contribution in [2.75, 3.05) is 81.9 Å². The number of aliphatic hydroxyl groups is 2. The molecule has 0 unspecified atom stereocenters. The van der Waals surface area contributed by atoms with Crippen molar-refractivity contribution in [1.29, 1.82) is 0 Å². The van der Waals surface area contributed by atoms with E-state index in [0.29, 0.717) is 84.6 Å². The van der Waals surface area contributed by atoms with Gasteiger partial charge in [0.25, 0.3) is 0 Å². The van der Waals surface area contributed by atoms with E-state index >= 15 is 0 Å². The maximum absolute atomic E-state index is 12.2. The summed E-state index contributed by atoms with van der Waals surface area (Å²) in [6.45, 7) is 17.0. The number of aldehydes is 1. The van der Waals surface area contributed by atoms with Crippen LogP contribution in [0.4, 0.5) is 17.1 Å². The summed E-state index contributed by atoms with van der Waals surface area (Å²) in [6, 6.07) is 42.9. The van der Waals surface area contributed by atoms with Crippen molar-refractivity contribution in [3.63, 3.8) is 0 Å². The second-order valence-corrected chi connectivity index (χ2v) is 23.4. The molecule has 1 aliphatic heterocycles. The van der Waals surface area contributed by atoms with Gasteiger partial charge in [-0.2, -0.15) is 9.13 Å². The van der Waals surface area contributed by atoms with Crippen molar-refractivity contribution >= 4 is 177 Å². The molecule has 0 radical (unpaired) electrons. The van der Waals surface area contributed by atoms with Gasteiger partial charge in [0.1, 0.15) is 5.60 Å². The van der Waals surface area contributed by atoms with Crippen LogP contribution in [-0.2, 0) is 55.0 Å². The number of halogens is 8. The number of ketones is 2. The Morgan fingerprint density at radius 2 is 0.973 bits per heavy atom. The number of nitrogens with zero attached hydrogens (tertiary/aromatic N) is 6. The summed E-state index contributed by atoms with van der Waals surface area (Å²) >= 11 is 26.2. The summed E-state index contributed by atoms with van der Waals surface area (Å²) in [4.78, 5) is 93.7. The number of pyridine rings is 6. The Morgan fingerprint density at radius 1 is 0.573 bits per heavy atom. The van der Waals surface area contributed by atoms with E-state index in [2.05, 4.69) is 50.7 Å². The largest absolute Gasteiger partial charge is 2.00 e. The topological polar surface area (TPSA) is 356 Å². The number of anilines is 3. The fourth-order valence-electron chi connectivity index (χ4n) is 8.15. The Bertz CT molecular complexity index is 4310. The summed E-state index contributed by atoms with van der Waals surface area (Å²) < 4.78 is 27.4. The van der Waals surface area contributed by atoms with Gasteiger partial charge >= 0.3 is 52.7 Å². The third-order valence-electron chi connectivity index (χ3n) is 12.7.